The quantitative estimate of drug-likeness (QED) is 0.482. The third-order valence-electron chi connectivity index (χ3n) is 1.28. The smallest absolute Gasteiger partial charge is 0.128 e. The van der Waals surface area contributed by atoms with Gasteiger partial charge in [-0.15, -0.1) is 0 Å². The molecule has 0 aliphatic heterocycles. The van der Waals surface area contributed by atoms with Crippen LogP contribution < -0.4 is 5.73 Å². The predicted molar refractivity (Wildman–Crippen MR) is 50.4 cm³/mol. The van der Waals surface area contributed by atoms with Gasteiger partial charge in [-0.1, -0.05) is 0 Å². The van der Waals surface area contributed by atoms with Crippen molar-refractivity contribution in [1.29, 1.82) is 0 Å². The molecule has 13 heavy (non-hydrogen) atoms. The minimum atomic E-state index is 0.135. The Morgan fingerprint density at radius 1 is 1.38 bits per heavy atom. The van der Waals surface area contributed by atoms with Crippen molar-refractivity contribution < 1.29 is 14.6 Å². The first-order chi connectivity index (χ1) is 6.20. The molecule has 0 aliphatic rings. The Labute approximate surface area is 78.6 Å². The molecule has 0 unspecified atom stereocenters. The van der Waals surface area contributed by atoms with E-state index in [1.807, 2.05) is 0 Å². The van der Waals surface area contributed by atoms with Crippen LogP contribution in [0.4, 0.5) is 0 Å². The van der Waals surface area contributed by atoms with E-state index in [1.54, 1.807) is 13.8 Å². The van der Waals surface area contributed by atoms with E-state index >= 15 is 0 Å². The van der Waals surface area contributed by atoms with E-state index in [4.69, 9.17) is 20.3 Å². The molecule has 0 rings (SSSR count). The van der Waals surface area contributed by atoms with Crippen LogP contribution >= 0.6 is 0 Å². The van der Waals surface area contributed by atoms with Gasteiger partial charge in [0.1, 0.15) is 17.8 Å². The molecule has 76 valence electrons. The highest BCUT2D eigenvalue weighted by Gasteiger charge is 1.91. The Morgan fingerprint density at radius 3 is 2.62 bits per heavy atom. The van der Waals surface area contributed by atoms with Crippen molar-refractivity contribution in [1.82, 2.24) is 0 Å². The maximum atomic E-state index is 8.48. The number of nitrogens with two attached hydrogens (primary N) is 1. The van der Waals surface area contributed by atoms with Crippen molar-refractivity contribution in [2.75, 3.05) is 13.2 Å². The second-order valence-corrected chi connectivity index (χ2v) is 2.55. The maximum Gasteiger partial charge on any atom is 0.128 e. The van der Waals surface area contributed by atoms with Gasteiger partial charge in [-0.3, -0.25) is 0 Å². The summed E-state index contributed by atoms with van der Waals surface area (Å²) in [5, 5.41) is 8.48. The van der Waals surface area contributed by atoms with Gasteiger partial charge in [0.2, 0.25) is 0 Å². The number of rotatable bonds is 6. The average molecular weight is 187 g/mol. The lowest BCUT2D eigenvalue weighted by Crippen LogP contribution is -1.96. The summed E-state index contributed by atoms with van der Waals surface area (Å²) in [5.74, 6) is 1.28. The molecule has 0 aromatic heterocycles. The molecule has 0 radical (unpaired) electrons. The summed E-state index contributed by atoms with van der Waals surface area (Å²) >= 11 is 0. The second kappa shape index (κ2) is 7.49. The first-order valence-corrected chi connectivity index (χ1v) is 4.16. The molecule has 0 amide bonds. The van der Waals surface area contributed by atoms with Crippen LogP contribution in [0, 0.1) is 0 Å². The van der Waals surface area contributed by atoms with Gasteiger partial charge in [-0.25, -0.2) is 0 Å². The van der Waals surface area contributed by atoms with Crippen LogP contribution in [0.5, 0.6) is 0 Å². The SMILES string of the molecule is C/C(=C/O/C(C)=C/N)OCCCO. The number of aliphatic hydroxyl groups excluding tert-OH is 1. The number of hydrogen-bond acceptors (Lipinski definition) is 4. The number of aliphatic hydroxyl groups is 1. The zero-order valence-corrected chi connectivity index (χ0v) is 8.12. The summed E-state index contributed by atoms with van der Waals surface area (Å²) in [7, 11) is 0. The van der Waals surface area contributed by atoms with E-state index < -0.39 is 0 Å². The highest BCUT2D eigenvalue weighted by atomic mass is 16.5. The fraction of sp³-hybridized carbons (Fsp3) is 0.556. The third kappa shape index (κ3) is 7.21. The molecule has 0 spiro atoms. The molecule has 0 saturated carbocycles. The van der Waals surface area contributed by atoms with Crippen molar-refractivity contribution in [2.45, 2.75) is 20.3 Å². The summed E-state index contributed by atoms with van der Waals surface area (Å²) in [5.41, 5.74) is 5.19. The molecule has 4 nitrogen and oxygen atoms in total. The standard InChI is InChI=1S/C9H17NO3/c1-8(6-10)13-7-9(2)12-5-3-4-11/h6-7,11H,3-5,10H2,1-2H3/b8-6+,9-7-. The van der Waals surface area contributed by atoms with Crippen LogP contribution in [-0.2, 0) is 9.47 Å². The van der Waals surface area contributed by atoms with Crippen LogP contribution in [0.1, 0.15) is 20.3 Å². The topological polar surface area (TPSA) is 64.7 Å². The molecule has 0 heterocycles. The average Bonchev–Trinajstić information content (AvgIpc) is 2.14. The minimum absolute atomic E-state index is 0.135. The molecule has 0 fully saturated rings. The van der Waals surface area contributed by atoms with Gasteiger partial charge in [0.25, 0.3) is 0 Å². The molecule has 4 heteroatoms. The van der Waals surface area contributed by atoms with Crippen molar-refractivity contribution in [3.63, 3.8) is 0 Å². The fourth-order valence-electron chi connectivity index (χ4n) is 0.547. The lowest BCUT2D eigenvalue weighted by molar-refractivity contribution is 0.167. The summed E-state index contributed by atoms with van der Waals surface area (Å²) in [4.78, 5) is 0. The van der Waals surface area contributed by atoms with Gasteiger partial charge in [-0.2, -0.15) is 0 Å². The van der Waals surface area contributed by atoms with Crippen LogP contribution in [0.15, 0.2) is 24.0 Å². The fourth-order valence-corrected chi connectivity index (χ4v) is 0.547. The number of ether oxygens (including phenoxy) is 2. The molecule has 0 bridgehead atoms. The van der Waals surface area contributed by atoms with Gasteiger partial charge in [0.05, 0.1) is 6.61 Å². The number of allylic oxidation sites excluding steroid dienone is 2. The molecule has 3 N–H and O–H groups in total. The largest absolute Gasteiger partial charge is 0.495 e. The number of hydrogen-bond donors (Lipinski definition) is 2. The first kappa shape index (κ1) is 11.8. The zero-order chi connectivity index (χ0) is 10.1. The molecule has 0 saturated heterocycles. The Bertz CT molecular complexity index is 187. The van der Waals surface area contributed by atoms with Crippen molar-refractivity contribution in [2.24, 2.45) is 5.73 Å². The van der Waals surface area contributed by atoms with E-state index in [0.29, 0.717) is 24.5 Å². The summed E-state index contributed by atoms with van der Waals surface area (Å²) in [6.07, 6.45) is 3.48. The molecule has 0 aromatic rings. The summed E-state index contributed by atoms with van der Waals surface area (Å²) < 4.78 is 10.3. The third-order valence-corrected chi connectivity index (χ3v) is 1.28. The maximum absolute atomic E-state index is 8.48. The Balaban J connectivity index is 3.63. The molecular weight excluding hydrogens is 170 g/mol. The Hall–Kier alpha value is -1.16. The predicted octanol–water partition coefficient (Wildman–Crippen LogP) is 1.08. The van der Waals surface area contributed by atoms with Crippen molar-refractivity contribution in [3.05, 3.63) is 24.0 Å². The summed E-state index contributed by atoms with van der Waals surface area (Å²) in [6.45, 7) is 4.15. The van der Waals surface area contributed by atoms with Gasteiger partial charge in [0.15, 0.2) is 0 Å². The van der Waals surface area contributed by atoms with Crippen molar-refractivity contribution in [3.8, 4) is 0 Å². The zero-order valence-electron chi connectivity index (χ0n) is 8.12. The highest BCUT2D eigenvalue weighted by Crippen LogP contribution is 2.00. The second-order valence-electron chi connectivity index (χ2n) is 2.55. The lowest BCUT2D eigenvalue weighted by Gasteiger charge is -2.05. The van der Waals surface area contributed by atoms with Gasteiger partial charge in [0, 0.05) is 19.2 Å². The van der Waals surface area contributed by atoms with Gasteiger partial charge in [-0.05, 0) is 13.8 Å². The monoisotopic (exact) mass is 187 g/mol. The molecule has 0 aromatic carbocycles. The van der Waals surface area contributed by atoms with E-state index in [2.05, 4.69) is 0 Å². The van der Waals surface area contributed by atoms with Crippen LogP contribution in [0.3, 0.4) is 0 Å². The van der Waals surface area contributed by atoms with Gasteiger partial charge >= 0.3 is 0 Å². The summed E-state index contributed by atoms with van der Waals surface area (Å²) in [6, 6.07) is 0. The van der Waals surface area contributed by atoms with Gasteiger partial charge < -0.3 is 20.3 Å². The molecular formula is C9H17NO3. The molecule has 0 aliphatic carbocycles. The van der Waals surface area contributed by atoms with E-state index in [0.717, 1.165) is 0 Å². The first-order valence-electron chi connectivity index (χ1n) is 4.16. The minimum Gasteiger partial charge on any atom is -0.495 e. The van der Waals surface area contributed by atoms with E-state index in [9.17, 15) is 0 Å². The Kier molecular flexibility index (Phi) is 6.82. The Morgan fingerprint density at radius 2 is 2.08 bits per heavy atom. The van der Waals surface area contributed by atoms with E-state index in [1.165, 1.54) is 12.5 Å². The normalized spacial score (nSPS) is 12.8. The lowest BCUT2D eigenvalue weighted by atomic mass is 10.5. The van der Waals surface area contributed by atoms with Crippen LogP contribution in [-0.4, -0.2) is 18.3 Å². The van der Waals surface area contributed by atoms with Crippen LogP contribution in [0.2, 0.25) is 0 Å². The highest BCUT2D eigenvalue weighted by molar-refractivity contribution is 4.90. The van der Waals surface area contributed by atoms with E-state index in [-0.39, 0.29) is 6.61 Å². The molecule has 0 atom stereocenters. The van der Waals surface area contributed by atoms with Crippen molar-refractivity contribution >= 4 is 0 Å². The van der Waals surface area contributed by atoms with Crippen LogP contribution in [0.25, 0.3) is 0 Å².